The molecule has 0 bridgehead atoms. The third-order valence-electron chi connectivity index (χ3n) is 2.07. The van der Waals surface area contributed by atoms with Gasteiger partial charge in [-0.2, -0.15) is 0 Å². The lowest BCUT2D eigenvalue weighted by Gasteiger charge is -2.17. The van der Waals surface area contributed by atoms with Gasteiger partial charge in [0.15, 0.2) is 0 Å². The molecule has 0 aliphatic rings. The Bertz CT molecular complexity index is 500. The van der Waals surface area contributed by atoms with Crippen LogP contribution in [0.4, 0.5) is 10.1 Å². The Labute approximate surface area is 118 Å². The Balaban J connectivity index is 2.62. The number of aliphatic hydroxyl groups is 1. The summed E-state index contributed by atoms with van der Waals surface area (Å²) in [6.07, 6.45) is 0. The van der Waals surface area contributed by atoms with E-state index < -0.39 is 23.2 Å². The highest BCUT2D eigenvalue weighted by Gasteiger charge is 2.19. The average molecular weight is 333 g/mol. The van der Waals surface area contributed by atoms with Crippen LogP contribution >= 0.6 is 15.9 Å². The lowest BCUT2D eigenvalue weighted by atomic mass is 10.1. The Morgan fingerprint density at radius 2 is 2.00 bits per heavy atom. The predicted molar refractivity (Wildman–Crippen MR) is 72.0 cm³/mol. The average Bonchev–Trinajstić information content (AvgIpc) is 2.28. The van der Waals surface area contributed by atoms with Gasteiger partial charge in [0.05, 0.1) is 11.3 Å². The number of carbonyl (C=O) groups is 2. The van der Waals surface area contributed by atoms with Crippen LogP contribution in [0.5, 0.6) is 0 Å². The van der Waals surface area contributed by atoms with Gasteiger partial charge in [-0.25, -0.2) is 4.39 Å². The van der Waals surface area contributed by atoms with E-state index >= 15 is 0 Å². The summed E-state index contributed by atoms with van der Waals surface area (Å²) in [6.45, 7) is 2.89. The summed E-state index contributed by atoms with van der Waals surface area (Å²) in [5.41, 5.74) is -1.22. The first-order valence-corrected chi connectivity index (χ1v) is 6.25. The standard InChI is InChI=1S/C12H14BrFN2O3/c1-12(2,19)6-15-10(17)11(18)16-9-4-3-7(13)5-8(9)14/h3-5,19H,6H2,1-2H3,(H,15,17)(H,16,18). The Morgan fingerprint density at radius 3 is 2.53 bits per heavy atom. The van der Waals surface area contributed by atoms with Crippen molar-refractivity contribution in [1.29, 1.82) is 0 Å². The van der Waals surface area contributed by atoms with E-state index in [-0.39, 0.29) is 12.2 Å². The van der Waals surface area contributed by atoms with Crippen LogP contribution in [0.25, 0.3) is 0 Å². The van der Waals surface area contributed by atoms with E-state index in [1.54, 1.807) is 0 Å². The Morgan fingerprint density at radius 1 is 1.37 bits per heavy atom. The summed E-state index contributed by atoms with van der Waals surface area (Å²) in [6, 6.07) is 4.04. The highest BCUT2D eigenvalue weighted by atomic mass is 79.9. The number of anilines is 1. The van der Waals surface area contributed by atoms with Gasteiger partial charge in [-0.15, -0.1) is 0 Å². The van der Waals surface area contributed by atoms with Crippen LogP contribution in [-0.2, 0) is 9.59 Å². The zero-order valence-corrected chi connectivity index (χ0v) is 12.0. The molecule has 0 aliphatic carbocycles. The summed E-state index contributed by atoms with van der Waals surface area (Å²) in [7, 11) is 0. The molecule has 1 aromatic carbocycles. The third-order valence-corrected chi connectivity index (χ3v) is 2.56. The van der Waals surface area contributed by atoms with E-state index in [0.29, 0.717) is 4.47 Å². The van der Waals surface area contributed by atoms with E-state index in [4.69, 9.17) is 0 Å². The zero-order valence-electron chi connectivity index (χ0n) is 10.5. The number of carbonyl (C=O) groups excluding carboxylic acids is 2. The summed E-state index contributed by atoms with van der Waals surface area (Å²) in [5, 5.41) is 13.8. The molecule has 0 fully saturated rings. The third kappa shape index (κ3) is 5.35. The summed E-state index contributed by atoms with van der Waals surface area (Å²) < 4.78 is 14.0. The highest BCUT2D eigenvalue weighted by Crippen LogP contribution is 2.19. The molecule has 0 unspecified atom stereocenters. The van der Waals surface area contributed by atoms with Crippen LogP contribution < -0.4 is 10.6 Å². The van der Waals surface area contributed by atoms with Crippen molar-refractivity contribution in [2.45, 2.75) is 19.4 Å². The lowest BCUT2D eigenvalue weighted by molar-refractivity contribution is -0.136. The van der Waals surface area contributed by atoms with E-state index in [2.05, 4.69) is 26.6 Å². The van der Waals surface area contributed by atoms with Crippen LogP contribution in [0, 0.1) is 5.82 Å². The molecule has 0 saturated carbocycles. The first-order valence-electron chi connectivity index (χ1n) is 5.45. The molecule has 3 N–H and O–H groups in total. The van der Waals surface area contributed by atoms with Crippen molar-refractivity contribution in [2.75, 3.05) is 11.9 Å². The smallest absolute Gasteiger partial charge is 0.313 e. The number of nitrogens with one attached hydrogen (secondary N) is 2. The van der Waals surface area contributed by atoms with Crippen molar-refractivity contribution in [3.63, 3.8) is 0 Å². The molecule has 1 aromatic rings. The molecule has 0 radical (unpaired) electrons. The first kappa shape index (κ1) is 15.6. The van der Waals surface area contributed by atoms with Gasteiger partial charge < -0.3 is 15.7 Å². The molecule has 2 amide bonds. The topological polar surface area (TPSA) is 78.4 Å². The summed E-state index contributed by atoms with van der Waals surface area (Å²) in [5.74, 6) is -2.59. The molecule has 0 saturated heterocycles. The monoisotopic (exact) mass is 332 g/mol. The maximum atomic E-state index is 13.4. The zero-order chi connectivity index (χ0) is 14.6. The fourth-order valence-electron chi connectivity index (χ4n) is 1.15. The van der Waals surface area contributed by atoms with Crippen molar-refractivity contribution >= 4 is 33.4 Å². The summed E-state index contributed by atoms with van der Waals surface area (Å²) >= 11 is 3.08. The van der Waals surface area contributed by atoms with Crippen LogP contribution in [0.3, 0.4) is 0 Å². The number of hydrogen-bond acceptors (Lipinski definition) is 3. The number of benzene rings is 1. The second-order valence-electron chi connectivity index (χ2n) is 4.57. The largest absolute Gasteiger partial charge is 0.389 e. The lowest BCUT2D eigenvalue weighted by Crippen LogP contribution is -2.43. The van der Waals surface area contributed by atoms with Crippen molar-refractivity contribution in [3.8, 4) is 0 Å². The fourth-order valence-corrected chi connectivity index (χ4v) is 1.48. The Kier molecular flexibility index (Phi) is 5.02. The quantitative estimate of drug-likeness (QED) is 0.732. The van der Waals surface area contributed by atoms with Gasteiger partial charge in [-0.3, -0.25) is 9.59 Å². The van der Waals surface area contributed by atoms with Crippen molar-refractivity contribution in [2.24, 2.45) is 0 Å². The van der Waals surface area contributed by atoms with E-state index in [9.17, 15) is 19.1 Å². The second kappa shape index (κ2) is 6.12. The van der Waals surface area contributed by atoms with Crippen molar-refractivity contribution in [1.82, 2.24) is 5.32 Å². The Hall–Kier alpha value is -1.47. The van der Waals surface area contributed by atoms with Crippen molar-refractivity contribution in [3.05, 3.63) is 28.5 Å². The minimum Gasteiger partial charge on any atom is -0.389 e. The molecule has 0 heterocycles. The van der Waals surface area contributed by atoms with Crippen LogP contribution in [0.2, 0.25) is 0 Å². The number of rotatable bonds is 3. The normalized spacial score (nSPS) is 11.0. The molecule has 5 nitrogen and oxygen atoms in total. The van der Waals surface area contributed by atoms with Gasteiger partial charge in [-0.05, 0) is 32.0 Å². The van der Waals surface area contributed by atoms with Crippen molar-refractivity contribution < 1.29 is 19.1 Å². The molecule has 0 atom stereocenters. The van der Waals surface area contributed by atoms with Gasteiger partial charge in [0.2, 0.25) is 0 Å². The van der Waals surface area contributed by atoms with Gasteiger partial charge in [-0.1, -0.05) is 15.9 Å². The molecule has 104 valence electrons. The molecular weight excluding hydrogens is 319 g/mol. The number of amides is 2. The maximum absolute atomic E-state index is 13.4. The van der Waals surface area contributed by atoms with Gasteiger partial charge >= 0.3 is 11.8 Å². The van der Waals surface area contributed by atoms with Gasteiger partial charge in [0.25, 0.3) is 0 Å². The minimum atomic E-state index is -1.13. The van der Waals surface area contributed by atoms with E-state index in [1.807, 2.05) is 0 Å². The minimum absolute atomic E-state index is 0.0813. The number of halogens is 2. The molecule has 1 rings (SSSR count). The van der Waals surface area contributed by atoms with E-state index in [0.717, 1.165) is 0 Å². The molecule has 0 aromatic heterocycles. The van der Waals surface area contributed by atoms with Gasteiger partial charge in [0.1, 0.15) is 5.82 Å². The first-order chi connectivity index (χ1) is 8.69. The highest BCUT2D eigenvalue weighted by molar-refractivity contribution is 9.10. The molecular formula is C12H14BrFN2O3. The predicted octanol–water partition coefficient (Wildman–Crippen LogP) is 1.41. The van der Waals surface area contributed by atoms with E-state index in [1.165, 1.54) is 32.0 Å². The SMILES string of the molecule is CC(C)(O)CNC(=O)C(=O)Nc1ccc(Br)cc1F. The number of hydrogen-bond donors (Lipinski definition) is 3. The molecule has 0 aliphatic heterocycles. The molecule has 0 spiro atoms. The maximum Gasteiger partial charge on any atom is 0.313 e. The fraction of sp³-hybridized carbons (Fsp3) is 0.333. The van der Waals surface area contributed by atoms with Gasteiger partial charge in [0, 0.05) is 11.0 Å². The van der Waals surface area contributed by atoms with Crippen LogP contribution in [0.1, 0.15) is 13.8 Å². The molecule has 19 heavy (non-hydrogen) atoms. The molecule has 7 heteroatoms. The van der Waals surface area contributed by atoms with Crippen LogP contribution in [-0.4, -0.2) is 29.1 Å². The summed E-state index contributed by atoms with van der Waals surface area (Å²) in [4.78, 5) is 22.9. The second-order valence-corrected chi connectivity index (χ2v) is 5.49. The van der Waals surface area contributed by atoms with Crippen LogP contribution in [0.15, 0.2) is 22.7 Å².